The third-order valence-electron chi connectivity index (χ3n) is 4.31. The predicted octanol–water partition coefficient (Wildman–Crippen LogP) is 3.74. The zero-order valence-corrected chi connectivity index (χ0v) is 11.8. The second kappa shape index (κ2) is 5.77. The Morgan fingerprint density at radius 1 is 1.35 bits per heavy atom. The van der Waals surface area contributed by atoms with Gasteiger partial charge in [0.2, 0.25) is 0 Å². The van der Waals surface area contributed by atoms with Crippen molar-refractivity contribution in [2.75, 3.05) is 19.0 Å². The van der Waals surface area contributed by atoms with Crippen molar-refractivity contribution in [3.63, 3.8) is 0 Å². The molecule has 1 aromatic carbocycles. The van der Waals surface area contributed by atoms with Gasteiger partial charge in [0.25, 0.3) is 0 Å². The Morgan fingerprint density at radius 3 is 2.55 bits per heavy atom. The minimum atomic E-state index is -1.17. The Kier molecular flexibility index (Phi) is 4.26. The van der Waals surface area contributed by atoms with Crippen molar-refractivity contribution >= 4 is 11.7 Å². The van der Waals surface area contributed by atoms with Gasteiger partial charge in [-0.1, -0.05) is 13.3 Å². The summed E-state index contributed by atoms with van der Waals surface area (Å²) in [7, 11) is 1.13. The van der Waals surface area contributed by atoms with E-state index in [9.17, 15) is 13.6 Å². The molecule has 0 bridgehead atoms. The van der Waals surface area contributed by atoms with Gasteiger partial charge in [-0.15, -0.1) is 0 Å². The summed E-state index contributed by atoms with van der Waals surface area (Å²) in [6.45, 7) is 2.73. The van der Waals surface area contributed by atoms with Gasteiger partial charge in [0.05, 0.1) is 18.4 Å². The molecule has 20 heavy (non-hydrogen) atoms. The van der Waals surface area contributed by atoms with Crippen LogP contribution in [0.3, 0.4) is 0 Å². The lowest BCUT2D eigenvalue weighted by molar-refractivity contribution is 0.0594. The summed E-state index contributed by atoms with van der Waals surface area (Å²) in [5.74, 6) is -3.07. The third kappa shape index (κ3) is 2.62. The van der Waals surface area contributed by atoms with E-state index in [-0.39, 0.29) is 16.7 Å². The van der Waals surface area contributed by atoms with E-state index in [1.165, 1.54) is 18.6 Å². The average Bonchev–Trinajstić information content (AvgIpc) is 2.42. The number of ether oxygens (including phenoxy) is 1. The normalized spacial score (nSPS) is 16.4. The van der Waals surface area contributed by atoms with Crippen LogP contribution in [0.2, 0.25) is 0 Å². The SMILES string of the molecule is CCC1(CNc2ccc(C(=O)OC)c(F)c2F)CCC1. The Morgan fingerprint density at radius 2 is 2.05 bits per heavy atom. The Bertz CT molecular complexity index is 507. The number of carbonyl (C=O) groups is 1. The lowest BCUT2D eigenvalue weighted by Crippen LogP contribution is -2.36. The first-order chi connectivity index (χ1) is 9.53. The van der Waals surface area contributed by atoms with Crippen LogP contribution >= 0.6 is 0 Å². The molecule has 0 unspecified atom stereocenters. The van der Waals surface area contributed by atoms with Gasteiger partial charge >= 0.3 is 5.97 Å². The minimum absolute atomic E-state index is 0.0925. The van der Waals surface area contributed by atoms with E-state index in [0.717, 1.165) is 26.4 Å². The fourth-order valence-electron chi connectivity index (χ4n) is 2.57. The Hall–Kier alpha value is -1.65. The molecule has 1 N–H and O–H groups in total. The minimum Gasteiger partial charge on any atom is -0.465 e. The van der Waals surface area contributed by atoms with Gasteiger partial charge < -0.3 is 10.1 Å². The first-order valence-electron chi connectivity index (χ1n) is 6.83. The monoisotopic (exact) mass is 283 g/mol. The number of rotatable bonds is 5. The van der Waals surface area contributed by atoms with E-state index in [0.29, 0.717) is 6.54 Å². The Balaban J connectivity index is 2.13. The van der Waals surface area contributed by atoms with Crippen LogP contribution in [0.4, 0.5) is 14.5 Å². The molecule has 0 heterocycles. The van der Waals surface area contributed by atoms with Crippen molar-refractivity contribution in [2.45, 2.75) is 32.6 Å². The summed E-state index contributed by atoms with van der Waals surface area (Å²) in [5.41, 5.74) is -0.0940. The second-order valence-corrected chi connectivity index (χ2v) is 5.34. The quantitative estimate of drug-likeness (QED) is 0.836. The highest BCUT2D eigenvalue weighted by Crippen LogP contribution is 2.43. The molecular formula is C15H19F2NO2. The molecule has 0 aliphatic heterocycles. The molecule has 0 aromatic heterocycles. The molecule has 1 aliphatic rings. The first-order valence-corrected chi connectivity index (χ1v) is 6.83. The summed E-state index contributed by atoms with van der Waals surface area (Å²) >= 11 is 0. The molecule has 5 heteroatoms. The topological polar surface area (TPSA) is 38.3 Å². The predicted molar refractivity (Wildman–Crippen MR) is 72.8 cm³/mol. The van der Waals surface area contributed by atoms with Crippen molar-refractivity contribution in [2.24, 2.45) is 5.41 Å². The summed E-state index contributed by atoms with van der Waals surface area (Å²) in [5, 5.41) is 2.96. The van der Waals surface area contributed by atoms with Crippen LogP contribution in [0, 0.1) is 17.0 Å². The van der Waals surface area contributed by atoms with E-state index < -0.39 is 17.6 Å². The molecule has 0 saturated heterocycles. The van der Waals surface area contributed by atoms with Crippen LogP contribution in [0.15, 0.2) is 12.1 Å². The summed E-state index contributed by atoms with van der Waals surface area (Å²) in [4.78, 5) is 11.3. The number of hydrogen-bond donors (Lipinski definition) is 1. The molecule has 1 aromatic rings. The van der Waals surface area contributed by atoms with E-state index in [1.54, 1.807) is 0 Å². The van der Waals surface area contributed by atoms with Crippen molar-refractivity contribution in [1.82, 2.24) is 0 Å². The summed E-state index contributed by atoms with van der Waals surface area (Å²) in [6.07, 6.45) is 4.43. The number of benzene rings is 1. The molecule has 3 nitrogen and oxygen atoms in total. The van der Waals surface area contributed by atoms with Gasteiger partial charge in [-0.2, -0.15) is 0 Å². The summed E-state index contributed by atoms with van der Waals surface area (Å²) in [6, 6.07) is 2.62. The molecule has 0 radical (unpaired) electrons. The van der Waals surface area contributed by atoms with Crippen LogP contribution in [0.5, 0.6) is 0 Å². The van der Waals surface area contributed by atoms with Crippen LogP contribution in [0.1, 0.15) is 43.0 Å². The number of anilines is 1. The van der Waals surface area contributed by atoms with Crippen molar-refractivity contribution in [3.05, 3.63) is 29.3 Å². The van der Waals surface area contributed by atoms with Gasteiger partial charge in [0.15, 0.2) is 11.6 Å². The maximum absolute atomic E-state index is 13.9. The van der Waals surface area contributed by atoms with Gasteiger partial charge in [-0.3, -0.25) is 0 Å². The van der Waals surface area contributed by atoms with Crippen LogP contribution in [0.25, 0.3) is 0 Å². The molecule has 2 rings (SSSR count). The van der Waals surface area contributed by atoms with Crippen molar-refractivity contribution < 1.29 is 18.3 Å². The zero-order chi connectivity index (χ0) is 14.8. The highest BCUT2D eigenvalue weighted by atomic mass is 19.2. The number of nitrogens with one attached hydrogen (secondary N) is 1. The lowest BCUT2D eigenvalue weighted by Gasteiger charge is -2.41. The molecule has 0 spiro atoms. The molecular weight excluding hydrogens is 264 g/mol. The largest absolute Gasteiger partial charge is 0.465 e. The van der Waals surface area contributed by atoms with Gasteiger partial charge in [0.1, 0.15) is 0 Å². The molecule has 110 valence electrons. The van der Waals surface area contributed by atoms with E-state index in [4.69, 9.17) is 0 Å². The Labute approximate surface area is 117 Å². The maximum atomic E-state index is 13.9. The maximum Gasteiger partial charge on any atom is 0.340 e. The molecule has 1 saturated carbocycles. The number of hydrogen-bond acceptors (Lipinski definition) is 3. The van der Waals surface area contributed by atoms with Gasteiger partial charge in [-0.05, 0) is 36.8 Å². The van der Waals surface area contributed by atoms with E-state index in [1.807, 2.05) is 0 Å². The number of esters is 1. The highest BCUT2D eigenvalue weighted by molar-refractivity contribution is 5.90. The fraction of sp³-hybridized carbons (Fsp3) is 0.533. The first kappa shape index (κ1) is 14.8. The second-order valence-electron chi connectivity index (χ2n) is 5.34. The fourth-order valence-corrected chi connectivity index (χ4v) is 2.57. The zero-order valence-electron chi connectivity index (χ0n) is 11.8. The van der Waals surface area contributed by atoms with Crippen LogP contribution in [-0.2, 0) is 4.74 Å². The molecule has 1 fully saturated rings. The van der Waals surface area contributed by atoms with E-state index >= 15 is 0 Å². The standard InChI is InChI=1S/C15H19F2NO2/c1-3-15(7-4-8-15)9-18-11-6-5-10(14(19)20-2)12(16)13(11)17/h5-6,18H,3-4,7-9H2,1-2H3. The van der Waals surface area contributed by atoms with Gasteiger partial charge in [-0.25, -0.2) is 13.6 Å². The summed E-state index contributed by atoms with van der Waals surface area (Å²) < 4.78 is 32.1. The molecule has 1 aliphatic carbocycles. The van der Waals surface area contributed by atoms with Crippen LogP contribution in [-0.4, -0.2) is 19.6 Å². The number of carbonyl (C=O) groups excluding carboxylic acids is 1. The highest BCUT2D eigenvalue weighted by Gasteiger charge is 2.35. The van der Waals surface area contributed by atoms with Gasteiger partial charge in [0, 0.05) is 6.54 Å². The average molecular weight is 283 g/mol. The third-order valence-corrected chi connectivity index (χ3v) is 4.31. The van der Waals surface area contributed by atoms with Crippen molar-refractivity contribution in [1.29, 1.82) is 0 Å². The molecule has 0 amide bonds. The lowest BCUT2D eigenvalue weighted by atomic mass is 9.67. The van der Waals surface area contributed by atoms with E-state index in [2.05, 4.69) is 17.0 Å². The number of halogens is 2. The van der Waals surface area contributed by atoms with Crippen molar-refractivity contribution in [3.8, 4) is 0 Å². The smallest absolute Gasteiger partial charge is 0.340 e. The molecule has 0 atom stereocenters. The van der Waals surface area contributed by atoms with Crippen LogP contribution < -0.4 is 5.32 Å². The number of methoxy groups -OCH3 is 1.